The molecule has 18 heavy (non-hydrogen) atoms. The van der Waals surface area contributed by atoms with E-state index in [0.717, 1.165) is 0 Å². The topological polar surface area (TPSA) is 75.7 Å². The Labute approximate surface area is 104 Å². The van der Waals surface area contributed by atoms with Crippen LogP contribution >= 0.6 is 0 Å². The van der Waals surface area contributed by atoms with E-state index >= 15 is 0 Å². The normalized spacial score (nSPS) is 13.1. The Morgan fingerprint density at radius 2 is 2.11 bits per heavy atom. The van der Waals surface area contributed by atoms with Gasteiger partial charge in [-0.3, -0.25) is 14.4 Å². The summed E-state index contributed by atoms with van der Waals surface area (Å²) in [6.45, 7) is 1.19. The van der Waals surface area contributed by atoms with Gasteiger partial charge in [-0.15, -0.1) is 0 Å². The van der Waals surface area contributed by atoms with Gasteiger partial charge in [-0.2, -0.15) is 0 Å². The van der Waals surface area contributed by atoms with Crippen LogP contribution in [0, 0.1) is 0 Å². The molecule has 0 saturated heterocycles. The van der Waals surface area contributed by atoms with Crippen LogP contribution in [-0.4, -0.2) is 31.3 Å². The Balaban J connectivity index is 2.31. The summed E-state index contributed by atoms with van der Waals surface area (Å²) in [5.41, 5.74) is 1.01. The Morgan fingerprint density at radius 3 is 2.78 bits per heavy atom. The molecule has 0 saturated carbocycles. The van der Waals surface area contributed by atoms with Gasteiger partial charge in [0.2, 0.25) is 5.78 Å². The zero-order valence-electron chi connectivity index (χ0n) is 10.0. The Morgan fingerprint density at radius 1 is 1.39 bits per heavy atom. The summed E-state index contributed by atoms with van der Waals surface area (Å²) in [7, 11) is 1.50. The van der Waals surface area contributed by atoms with Crippen molar-refractivity contribution in [3.05, 3.63) is 18.2 Å². The fourth-order valence-corrected chi connectivity index (χ4v) is 1.63. The summed E-state index contributed by atoms with van der Waals surface area (Å²) in [6.07, 6.45) is 0. The largest absolute Gasteiger partial charge is 0.482 e. The molecule has 1 heterocycles. The number of carbonyl (C=O) groups is 3. The van der Waals surface area contributed by atoms with Gasteiger partial charge in [-0.25, -0.2) is 0 Å². The van der Waals surface area contributed by atoms with Gasteiger partial charge in [0.25, 0.3) is 11.8 Å². The van der Waals surface area contributed by atoms with Crippen LogP contribution in [0.15, 0.2) is 18.2 Å². The first kappa shape index (κ1) is 12.1. The molecule has 0 bridgehead atoms. The molecule has 1 aromatic carbocycles. The van der Waals surface area contributed by atoms with E-state index < -0.39 is 11.7 Å². The number of amides is 2. The monoisotopic (exact) mass is 248 g/mol. The smallest absolute Gasteiger partial charge is 0.293 e. The van der Waals surface area contributed by atoms with Gasteiger partial charge in [0.05, 0.1) is 5.69 Å². The SMILES string of the molecule is CC(=O)C(=O)N(C)c1ccc2c(c1)NC(=O)CO2. The summed E-state index contributed by atoms with van der Waals surface area (Å²) in [6, 6.07) is 4.89. The molecule has 1 aromatic rings. The lowest BCUT2D eigenvalue weighted by Gasteiger charge is -2.21. The molecule has 0 fully saturated rings. The minimum atomic E-state index is -0.613. The number of rotatable bonds is 2. The molecular weight excluding hydrogens is 236 g/mol. The third kappa shape index (κ3) is 2.17. The number of nitrogens with one attached hydrogen (secondary N) is 1. The van der Waals surface area contributed by atoms with Crippen LogP contribution in [0.2, 0.25) is 0 Å². The van der Waals surface area contributed by atoms with E-state index in [1.807, 2.05) is 0 Å². The lowest BCUT2D eigenvalue weighted by Crippen LogP contribution is -2.32. The molecule has 0 atom stereocenters. The van der Waals surface area contributed by atoms with Gasteiger partial charge in [-0.05, 0) is 18.2 Å². The number of hydrogen-bond donors (Lipinski definition) is 1. The molecule has 6 heteroatoms. The van der Waals surface area contributed by atoms with E-state index in [-0.39, 0.29) is 12.5 Å². The second-order valence-corrected chi connectivity index (χ2v) is 3.94. The number of benzene rings is 1. The first-order valence-corrected chi connectivity index (χ1v) is 5.34. The lowest BCUT2D eigenvalue weighted by molar-refractivity contribution is -0.134. The standard InChI is InChI=1S/C12H12N2O4/c1-7(15)12(17)14(2)8-3-4-10-9(5-8)13-11(16)6-18-10/h3-5H,6H2,1-2H3,(H,13,16). The average Bonchev–Trinajstić information content (AvgIpc) is 2.35. The summed E-state index contributed by atoms with van der Waals surface area (Å²) < 4.78 is 5.20. The molecule has 94 valence electrons. The van der Waals surface area contributed by atoms with Crippen LogP contribution < -0.4 is 15.0 Å². The van der Waals surface area contributed by atoms with E-state index in [1.54, 1.807) is 18.2 Å². The van der Waals surface area contributed by atoms with Gasteiger partial charge in [0, 0.05) is 19.7 Å². The first-order chi connectivity index (χ1) is 8.49. The number of likely N-dealkylation sites (N-methyl/N-ethyl adjacent to an activating group) is 1. The molecule has 0 radical (unpaired) electrons. The first-order valence-electron chi connectivity index (χ1n) is 5.34. The molecule has 2 amide bonds. The van der Waals surface area contributed by atoms with Crippen LogP contribution in [0.5, 0.6) is 5.75 Å². The van der Waals surface area contributed by atoms with Crippen LogP contribution in [-0.2, 0) is 14.4 Å². The van der Waals surface area contributed by atoms with Crippen molar-refractivity contribution in [3.63, 3.8) is 0 Å². The van der Waals surface area contributed by atoms with E-state index in [4.69, 9.17) is 4.74 Å². The van der Waals surface area contributed by atoms with Crippen molar-refractivity contribution in [2.24, 2.45) is 0 Å². The maximum atomic E-state index is 11.5. The molecule has 1 N–H and O–H groups in total. The summed E-state index contributed by atoms with van der Waals surface area (Å²) >= 11 is 0. The second kappa shape index (κ2) is 4.48. The Kier molecular flexibility index (Phi) is 3.01. The minimum Gasteiger partial charge on any atom is -0.482 e. The third-order valence-electron chi connectivity index (χ3n) is 2.59. The fraction of sp³-hybridized carbons (Fsp3) is 0.250. The van der Waals surface area contributed by atoms with Gasteiger partial charge < -0.3 is 15.0 Å². The minimum absolute atomic E-state index is 0.0193. The number of nitrogens with zero attached hydrogens (tertiary/aromatic N) is 1. The zero-order chi connectivity index (χ0) is 13.3. The van der Waals surface area contributed by atoms with Crippen LogP contribution in [0.4, 0.5) is 11.4 Å². The highest BCUT2D eigenvalue weighted by Crippen LogP contribution is 2.31. The third-order valence-corrected chi connectivity index (χ3v) is 2.59. The summed E-state index contributed by atoms with van der Waals surface area (Å²) in [5.74, 6) is -0.865. The van der Waals surface area contributed by atoms with E-state index in [1.165, 1.54) is 18.9 Å². The van der Waals surface area contributed by atoms with Crippen molar-refractivity contribution in [2.45, 2.75) is 6.92 Å². The highest BCUT2D eigenvalue weighted by atomic mass is 16.5. The zero-order valence-corrected chi connectivity index (χ0v) is 10.0. The second-order valence-electron chi connectivity index (χ2n) is 3.94. The molecular formula is C12H12N2O4. The lowest BCUT2D eigenvalue weighted by atomic mass is 10.2. The van der Waals surface area contributed by atoms with Crippen molar-refractivity contribution in [1.82, 2.24) is 0 Å². The summed E-state index contributed by atoms with van der Waals surface area (Å²) in [4.78, 5) is 35.0. The highest BCUT2D eigenvalue weighted by molar-refractivity contribution is 6.40. The van der Waals surface area contributed by atoms with Gasteiger partial charge in [0.15, 0.2) is 6.61 Å². The van der Waals surface area contributed by atoms with Crippen molar-refractivity contribution in [1.29, 1.82) is 0 Å². The van der Waals surface area contributed by atoms with Gasteiger partial charge in [0.1, 0.15) is 5.75 Å². The molecule has 1 aliphatic rings. The van der Waals surface area contributed by atoms with Gasteiger partial charge in [-0.1, -0.05) is 0 Å². The summed E-state index contributed by atoms with van der Waals surface area (Å²) in [5, 5.41) is 2.64. The van der Waals surface area contributed by atoms with Crippen molar-refractivity contribution in [2.75, 3.05) is 23.9 Å². The van der Waals surface area contributed by atoms with E-state index in [2.05, 4.69) is 5.32 Å². The van der Waals surface area contributed by atoms with Crippen LogP contribution in [0.3, 0.4) is 0 Å². The number of Topliss-reactive ketones (excluding diaryl/α,β-unsaturated/α-hetero) is 1. The number of hydrogen-bond acceptors (Lipinski definition) is 4. The molecule has 0 aromatic heterocycles. The average molecular weight is 248 g/mol. The molecule has 0 spiro atoms. The van der Waals surface area contributed by atoms with E-state index in [0.29, 0.717) is 17.1 Å². The van der Waals surface area contributed by atoms with Crippen molar-refractivity contribution < 1.29 is 19.1 Å². The number of fused-ring (bicyclic) bond motifs is 1. The molecule has 2 rings (SSSR count). The molecule has 0 unspecified atom stereocenters. The predicted octanol–water partition coefficient (Wildman–Crippen LogP) is 0.569. The number of ketones is 1. The maximum absolute atomic E-state index is 11.5. The van der Waals surface area contributed by atoms with Crippen LogP contribution in [0.1, 0.15) is 6.92 Å². The molecule has 0 aliphatic carbocycles. The maximum Gasteiger partial charge on any atom is 0.293 e. The number of ether oxygens (including phenoxy) is 1. The van der Waals surface area contributed by atoms with Crippen molar-refractivity contribution in [3.8, 4) is 5.75 Å². The Bertz CT molecular complexity index is 539. The van der Waals surface area contributed by atoms with Gasteiger partial charge >= 0.3 is 0 Å². The predicted molar refractivity (Wildman–Crippen MR) is 64.7 cm³/mol. The molecule has 6 nitrogen and oxygen atoms in total. The van der Waals surface area contributed by atoms with E-state index in [9.17, 15) is 14.4 Å². The number of carbonyl (C=O) groups excluding carboxylic acids is 3. The highest BCUT2D eigenvalue weighted by Gasteiger charge is 2.20. The Hall–Kier alpha value is -2.37. The van der Waals surface area contributed by atoms with Crippen molar-refractivity contribution >= 4 is 29.0 Å². The number of anilines is 2. The fourth-order valence-electron chi connectivity index (χ4n) is 1.63. The van der Waals surface area contributed by atoms with Crippen LogP contribution in [0.25, 0.3) is 0 Å². The quantitative estimate of drug-likeness (QED) is 0.776. The molecule has 1 aliphatic heterocycles.